The molecular formula is C12H19NOS. The average molecular weight is 225 g/mol. The molecule has 0 saturated carbocycles. The highest BCUT2D eigenvalue weighted by atomic mass is 32.1. The Morgan fingerprint density at radius 1 is 1.53 bits per heavy atom. The highest BCUT2D eigenvalue weighted by Gasteiger charge is 2.03. The number of hydrogen-bond donors (Lipinski definition) is 1. The van der Waals surface area contributed by atoms with Crippen LogP contribution in [0.5, 0.6) is 0 Å². The average Bonchev–Trinajstić information content (AvgIpc) is 2.64. The van der Waals surface area contributed by atoms with Crippen molar-refractivity contribution in [2.45, 2.75) is 33.1 Å². The van der Waals surface area contributed by atoms with E-state index in [-0.39, 0.29) is 5.91 Å². The Morgan fingerprint density at radius 3 is 2.93 bits per heavy atom. The van der Waals surface area contributed by atoms with Crippen molar-refractivity contribution in [3.8, 4) is 0 Å². The second-order valence-electron chi connectivity index (χ2n) is 4.14. The molecule has 1 aromatic rings. The minimum absolute atomic E-state index is 0.140. The van der Waals surface area contributed by atoms with Crippen molar-refractivity contribution in [1.29, 1.82) is 0 Å². The van der Waals surface area contributed by atoms with Crippen molar-refractivity contribution in [3.63, 3.8) is 0 Å². The number of carbonyl (C=O) groups is 1. The third kappa shape index (κ3) is 5.57. The van der Waals surface area contributed by atoms with Crippen LogP contribution < -0.4 is 5.32 Å². The number of thiophene rings is 1. The Labute approximate surface area is 95.7 Å². The largest absolute Gasteiger partial charge is 0.356 e. The molecule has 2 nitrogen and oxygen atoms in total. The Hall–Kier alpha value is -0.830. The van der Waals surface area contributed by atoms with E-state index >= 15 is 0 Å². The minimum atomic E-state index is 0.140. The van der Waals surface area contributed by atoms with Gasteiger partial charge in [0.15, 0.2) is 0 Å². The van der Waals surface area contributed by atoms with E-state index in [4.69, 9.17) is 0 Å². The summed E-state index contributed by atoms with van der Waals surface area (Å²) in [6.45, 7) is 5.21. The Morgan fingerprint density at radius 2 is 2.33 bits per heavy atom. The molecule has 3 heteroatoms. The molecule has 1 aromatic heterocycles. The van der Waals surface area contributed by atoms with Gasteiger partial charge in [0.05, 0.1) is 6.42 Å². The molecule has 84 valence electrons. The van der Waals surface area contributed by atoms with Crippen LogP contribution in [0, 0.1) is 5.92 Å². The summed E-state index contributed by atoms with van der Waals surface area (Å²) in [4.78, 5) is 12.6. The highest BCUT2D eigenvalue weighted by molar-refractivity contribution is 7.10. The lowest BCUT2D eigenvalue weighted by atomic mass is 10.1. The molecule has 15 heavy (non-hydrogen) atoms. The van der Waals surface area contributed by atoms with E-state index in [0.29, 0.717) is 6.42 Å². The normalized spacial score (nSPS) is 10.6. The molecule has 0 unspecified atom stereocenters. The number of hydrogen-bond acceptors (Lipinski definition) is 2. The third-order valence-electron chi connectivity index (χ3n) is 2.20. The highest BCUT2D eigenvalue weighted by Crippen LogP contribution is 2.08. The molecule has 1 heterocycles. The van der Waals surface area contributed by atoms with Gasteiger partial charge in [-0.2, -0.15) is 0 Å². The van der Waals surface area contributed by atoms with Crippen LogP contribution in [0.15, 0.2) is 17.5 Å². The molecule has 0 bridgehead atoms. The van der Waals surface area contributed by atoms with Crippen LogP contribution in [0.2, 0.25) is 0 Å². The van der Waals surface area contributed by atoms with E-state index < -0.39 is 0 Å². The van der Waals surface area contributed by atoms with Crippen molar-refractivity contribution in [1.82, 2.24) is 5.32 Å². The zero-order valence-corrected chi connectivity index (χ0v) is 10.3. The van der Waals surface area contributed by atoms with Gasteiger partial charge in [0, 0.05) is 11.4 Å². The lowest BCUT2D eigenvalue weighted by Crippen LogP contribution is -2.25. The topological polar surface area (TPSA) is 29.1 Å². The van der Waals surface area contributed by atoms with E-state index in [9.17, 15) is 4.79 Å². The number of rotatable bonds is 6. The maximum absolute atomic E-state index is 11.5. The summed E-state index contributed by atoms with van der Waals surface area (Å²) in [5.41, 5.74) is 0. The second-order valence-corrected chi connectivity index (χ2v) is 5.17. The lowest BCUT2D eigenvalue weighted by molar-refractivity contribution is -0.120. The Kier molecular flexibility index (Phi) is 5.40. The van der Waals surface area contributed by atoms with Gasteiger partial charge in [-0.05, 0) is 30.2 Å². The summed E-state index contributed by atoms with van der Waals surface area (Å²) in [5, 5.41) is 4.95. The van der Waals surface area contributed by atoms with Crippen LogP contribution in [0.1, 0.15) is 31.6 Å². The molecule has 0 aliphatic rings. The predicted octanol–water partition coefficient (Wildman–Crippen LogP) is 2.84. The van der Waals surface area contributed by atoms with Gasteiger partial charge in [-0.1, -0.05) is 19.9 Å². The van der Waals surface area contributed by atoms with E-state index in [1.807, 2.05) is 17.5 Å². The van der Waals surface area contributed by atoms with Gasteiger partial charge in [-0.3, -0.25) is 4.79 Å². The lowest BCUT2D eigenvalue weighted by Gasteiger charge is -2.06. The molecule has 0 aliphatic carbocycles. The van der Waals surface area contributed by atoms with Gasteiger partial charge in [0.25, 0.3) is 0 Å². The van der Waals surface area contributed by atoms with Crippen LogP contribution in [0.25, 0.3) is 0 Å². The van der Waals surface area contributed by atoms with Crippen LogP contribution >= 0.6 is 11.3 Å². The first-order chi connectivity index (χ1) is 7.18. The number of nitrogens with one attached hydrogen (secondary N) is 1. The van der Waals surface area contributed by atoms with Gasteiger partial charge in [-0.15, -0.1) is 11.3 Å². The maximum atomic E-state index is 11.5. The van der Waals surface area contributed by atoms with Crippen LogP contribution in [-0.4, -0.2) is 12.5 Å². The monoisotopic (exact) mass is 225 g/mol. The summed E-state index contributed by atoms with van der Waals surface area (Å²) in [7, 11) is 0. The fourth-order valence-electron chi connectivity index (χ4n) is 1.37. The Bertz CT molecular complexity index is 280. The summed E-state index contributed by atoms with van der Waals surface area (Å²) in [6, 6.07) is 3.98. The second kappa shape index (κ2) is 6.62. The molecule has 0 aromatic carbocycles. The molecule has 0 atom stereocenters. The molecule has 0 spiro atoms. The van der Waals surface area contributed by atoms with Crippen molar-refractivity contribution >= 4 is 17.2 Å². The zero-order chi connectivity index (χ0) is 11.1. The van der Waals surface area contributed by atoms with Crippen molar-refractivity contribution in [2.24, 2.45) is 5.92 Å². The van der Waals surface area contributed by atoms with Crippen molar-refractivity contribution < 1.29 is 4.79 Å². The first kappa shape index (κ1) is 12.2. The molecule has 1 amide bonds. The van der Waals surface area contributed by atoms with E-state index in [1.54, 1.807) is 11.3 Å². The van der Waals surface area contributed by atoms with Crippen LogP contribution in [0.3, 0.4) is 0 Å². The number of amides is 1. The fourth-order valence-corrected chi connectivity index (χ4v) is 2.08. The smallest absolute Gasteiger partial charge is 0.225 e. The third-order valence-corrected chi connectivity index (χ3v) is 3.07. The summed E-state index contributed by atoms with van der Waals surface area (Å²) in [6.07, 6.45) is 2.78. The standard InChI is InChI=1S/C12H19NOS/c1-10(2)5-3-7-13-12(14)9-11-6-4-8-15-11/h4,6,8,10H,3,5,7,9H2,1-2H3,(H,13,14). The fraction of sp³-hybridized carbons (Fsp3) is 0.583. The molecule has 1 rings (SSSR count). The van der Waals surface area contributed by atoms with E-state index in [0.717, 1.165) is 23.8 Å². The quantitative estimate of drug-likeness (QED) is 0.741. The van der Waals surface area contributed by atoms with Gasteiger partial charge < -0.3 is 5.32 Å². The Balaban J connectivity index is 2.09. The predicted molar refractivity (Wildman–Crippen MR) is 65.1 cm³/mol. The van der Waals surface area contributed by atoms with E-state index in [1.165, 1.54) is 6.42 Å². The van der Waals surface area contributed by atoms with Gasteiger partial charge in [0.1, 0.15) is 0 Å². The first-order valence-corrected chi connectivity index (χ1v) is 6.35. The van der Waals surface area contributed by atoms with Gasteiger partial charge in [-0.25, -0.2) is 0 Å². The molecule has 1 N–H and O–H groups in total. The summed E-state index contributed by atoms with van der Waals surface area (Å²) in [5.74, 6) is 0.861. The zero-order valence-electron chi connectivity index (χ0n) is 9.45. The van der Waals surface area contributed by atoms with Gasteiger partial charge >= 0.3 is 0 Å². The molecule has 0 aliphatic heterocycles. The maximum Gasteiger partial charge on any atom is 0.225 e. The number of carbonyl (C=O) groups excluding carboxylic acids is 1. The van der Waals surface area contributed by atoms with Crippen molar-refractivity contribution in [2.75, 3.05) is 6.54 Å². The van der Waals surface area contributed by atoms with Gasteiger partial charge in [0.2, 0.25) is 5.91 Å². The molecule has 0 radical (unpaired) electrons. The summed E-state index contributed by atoms with van der Waals surface area (Å²) < 4.78 is 0. The summed E-state index contributed by atoms with van der Waals surface area (Å²) >= 11 is 1.63. The minimum Gasteiger partial charge on any atom is -0.356 e. The van der Waals surface area contributed by atoms with E-state index in [2.05, 4.69) is 19.2 Å². The molecule has 0 saturated heterocycles. The van der Waals surface area contributed by atoms with Crippen LogP contribution in [-0.2, 0) is 11.2 Å². The van der Waals surface area contributed by atoms with Crippen molar-refractivity contribution in [3.05, 3.63) is 22.4 Å². The molecular weight excluding hydrogens is 206 g/mol. The SMILES string of the molecule is CC(C)CCCNC(=O)Cc1cccs1. The molecule has 0 fully saturated rings. The first-order valence-electron chi connectivity index (χ1n) is 5.47. The van der Waals surface area contributed by atoms with Crippen LogP contribution in [0.4, 0.5) is 0 Å².